The minimum Gasteiger partial charge on any atom is -0.452 e. The molecule has 0 saturated carbocycles. The Kier molecular flexibility index (Phi) is 4.49. The molecule has 3 N–H and O–H groups in total. The summed E-state index contributed by atoms with van der Waals surface area (Å²) in [5, 5.41) is 6.50. The van der Waals surface area contributed by atoms with E-state index in [1.807, 2.05) is 0 Å². The van der Waals surface area contributed by atoms with Crippen molar-refractivity contribution in [2.75, 3.05) is 0 Å². The molecular formula is C3H6N2O2. The molecule has 1 aromatic heterocycles. The maximum atomic E-state index is 6.50. The van der Waals surface area contributed by atoms with Crippen LogP contribution in [0.4, 0.5) is 0 Å². The van der Waals surface area contributed by atoms with Crippen LogP contribution in [0.2, 0.25) is 0 Å². The van der Waals surface area contributed by atoms with Gasteiger partial charge in [0.05, 0.1) is 6.20 Å². The second kappa shape index (κ2) is 5.13. The highest BCUT2D eigenvalue weighted by molar-refractivity contribution is 4.56. The molecule has 7 heavy (non-hydrogen) atoms. The first-order valence-electron chi connectivity index (χ1n) is 1.58. The lowest BCUT2D eigenvalue weighted by atomic mass is 11.0. The molecule has 0 bridgehead atoms. The van der Waals surface area contributed by atoms with E-state index in [9.17, 15) is 0 Å². The van der Waals surface area contributed by atoms with Crippen LogP contribution in [0, 0.1) is 0 Å². The monoisotopic (exact) mass is 102 g/mol. The fourth-order valence-corrected chi connectivity index (χ4v) is 0.176. The summed E-state index contributed by atoms with van der Waals surface area (Å²) in [5.41, 5.74) is 0. The number of nitrogens with zero attached hydrogens (tertiary/aromatic N) is 1. The highest BCUT2D eigenvalue weighted by atomic mass is 16.4. The van der Waals surface area contributed by atoms with E-state index >= 15 is 0 Å². The van der Waals surface area contributed by atoms with Crippen LogP contribution >= 0.6 is 0 Å². The van der Waals surface area contributed by atoms with Gasteiger partial charge in [0.25, 0.3) is 0 Å². The van der Waals surface area contributed by atoms with Crippen molar-refractivity contribution in [3.05, 3.63) is 18.9 Å². The van der Waals surface area contributed by atoms with Gasteiger partial charge in [0.1, 0.15) is 6.26 Å². The fourth-order valence-electron chi connectivity index (χ4n) is 0.176. The van der Waals surface area contributed by atoms with E-state index in [1.54, 1.807) is 6.20 Å². The Morgan fingerprint density at radius 2 is 2.29 bits per heavy atom. The van der Waals surface area contributed by atoms with Crippen LogP contribution in [0.5, 0.6) is 0 Å². The number of hydrogen-bond donors (Lipinski definition) is 2. The molecule has 4 heteroatoms. The SMILES string of the molecule is NO.c1cocn1. The van der Waals surface area contributed by atoms with Gasteiger partial charge >= 0.3 is 0 Å². The number of nitrogens with two attached hydrogens (primary N) is 1. The first-order chi connectivity index (χ1) is 3.50. The molecule has 0 unspecified atom stereocenters. The molecule has 0 aromatic carbocycles. The van der Waals surface area contributed by atoms with Crippen molar-refractivity contribution in [3.63, 3.8) is 0 Å². The van der Waals surface area contributed by atoms with E-state index in [0.29, 0.717) is 0 Å². The summed E-state index contributed by atoms with van der Waals surface area (Å²) in [5.74, 6) is 3.50. The predicted octanol–water partition coefficient (Wildman–Crippen LogP) is 0.00890. The van der Waals surface area contributed by atoms with E-state index in [0.717, 1.165) is 0 Å². The van der Waals surface area contributed by atoms with Crippen molar-refractivity contribution in [2.45, 2.75) is 0 Å². The van der Waals surface area contributed by atoms with Crippen molar-refractivity contribution in [2.24, 2.45) is 5.90 Å². The molecule has 40 valence electrons. The van der Waals surface area contributed by atoms with Gasteiger partial charge in [0.15, 0.2) is 6.39 Å². The Morgan fingerprint density at radius 3 is 2.43 bits per heavy atom. The lowest BCUT2D eigenvalue weighted by molar-refractivity contribution is 0.311. The van der Waals surface area contributed by atoms with E-state index < -0.39 is 0 Å². The Bertz CT molecular complexity index is 67.4. The van der Waals surface area contributed by atoms with Gasteiger partial charge in [-0.1, -0.05) is 0 Å². The second-order valence-electron chi connectivity index (χ2n) is 0.676. The lowest BCUT2D eigenvalue weighted by Crippen LogP contribution is -1.72. The van der Waals surface area contributed by atoms with Crippen molar-refractivity contribution >= 4 is 0 Å². The fraction of sp³-hybridized carbons (Fsp3) is 0. The maximum Gasteiger partial charge on any atom is 0.180 e. The van der Waals surface area contributed by atoms with E-state index in [4.69, 9.17) is 5.21 Å². The van der Waals surface area contributed by atoms with Crippen LogP contribution in [0.15, 0.2) is 23.3 Å². The minimum absolute atomic E-state index is 1.38. The van der Waals surface area contributed by atoms with Gasteiger partial charge in [-0.15, -0.1) is 0 Å². The summed E-state index contributed by atoms with van der Waals surface area (Å²) in [6.45, 7) is 0. The smallest absolute Gasteiger partial charge is 0.180 e. The first kappa shape index (κ1) is 6.13. The van der Waals surface area contributed by atoms with Crippen LogP contribution in [0.1, 0.15) is 0 Å². The highest BCUT2D eigenvalue weighted by Crippen LogP contribution is 1.72. The maximum absolute atomic E-state index is 6.50. The van der Waals surface area contributed by atoms with Gasteiger partial charge in [-0.2, -0.15) is 0 Å². The third-order valence-corrected chi connectivity index (χ3v) is 0.347. The van der Waals surface area contributed by atoms with Crippen LogP contribution in [-0.4, -0.2) is 10.2 Å². The normalized spacial score (nSPS) is 6.57. The molecule has 1 aromatic rings. The molecule has 0 aliphatic carbocycles. The summed E-state index contributed by atoms with van der Waals surface area (Å²) in [6, 6.07) is 0. The zero-order valence-corrected chi connectivity index (χ0v) is 3.61. The molecule has 1 heterocycles. The third-order valence-electron chi connectivity index (χ3n) is 0.347. The molecule has 0 fully saturated rings. The molecule has 0 spiro atoms. The molecule has 0 radical (unpaired) electrons. The number of aromatic nitrogens is 1. The van der Waals surface area contributed by atoms with Crippen molar-refractivity contribution < 1.29 is 9.62 Å². The zero-order valence-electron chi connectivity index (χ0n) is 3.61. The van der Waals surface area contributed by atoms with Crippen LogP contribution in [0.25, 0.3) is 0 Å². The molecule has 0 amide bonds. The van der Waals surface area contributed by atoms with Crippen molar-refractivity contribution in [1.82, 2.24) is 4.98 Å². The molecule has 0 atom stereocenters. The van der Waals surface area contributed by atoms with Crippen LogP contribution in [0.3, 0.4) is 0 Å². The Balaban J connectivity index is 0.000000162. The molecule has 0 aliphatic heterocycles. The van der Waals surface area contributed by atoms with Crippen LogP contribution in [-0.2, 0) is 0 Å². The average molecular weight is 102 g/mol. The van der Waals surface area contributed by atoms with Crippen molar-refractivity contribution in [3.8, 4) is 0 Å². The zero-order chi connectivity index (χ0) is 5.54. The average Bonchev–Trinajstić information content (AvgIpc) is 2.23. The molecule has 4 nitrogen and oxygen atoms in total. The predicted molar refractivity (Wildman–Crippen MR) is 22.5 cm³/mol. The Morgan fingerprint density at radius 1 is 1.57 bits per heavy atom. The standard InChI is InChI=1S/C3H3NO.H3NO/c1-2-5-3-4-1;1-2/h1-3H;2H,1H2. The summed E-state index contributed by atoms with van der Waals surface area (Å²) in [6.07, 6.45) is 4.47. The quantitative estimate of drug-likeness (QED) is 0.452. The van der Waals surface area contributed by atoms with Gasteiger partial charge in [-0.05, 0) is 0 Å². The number of oxazole rings is 1. The summed E-state index contributed by atoms with van der Waals surface area (Å²) in [4.78, 5) is 3.56. The Labute approximate surface area is 40.5 Å². The molecular weight excluding hydrogens is 96.0 g/mol. The van der Waals surface area contributed by atoms with Crippen LogP contribution < -0.4 is 5.90 Å². The largest absolute Gasteiger partial charge is 0.452 e. The third kappa shape index (κ3) is 2.95. The van der Waals surface area contributed by atoms with Gasteiger partial charge in [0.2, 0.25) is 0 Å². The second-order valence-corrected chi connectivity index (χ2v) is 0.676. The highest BCUT2D eigenvalue weighted by Gasteiger charge is 1.59. The van der Waals surface area contributed by atoms with E-state index in [1.165, 1.54) is 12.7 Å². The van der Waals surface area contributed by atoms with Crippen molar-refractivity contribution in [1.29, 1.82) is 0 Å². The molecule has 0 saturated heterocycles. The van der Waals surface area contributed by atoms with E-state index in [2.05, 4.69) is 15.3 Å². The number of rotatable bonds is 0. The van der Waals surface area contributed by atoms with Gasteiger partial charge in [-0.25, -0.2) is 10.9 Å². The Hall–Kier alpha value is -0.870. The van der Waals surface area contributed by atoms with E-state index in [-0.39, 0.29) is 0 Å². The summed E-state index contributed by atoms with van der Waals surface area (Å²) in [7, 11) is 0. The summed E-state index contributed by atoms with van der Waals surface area (Å²) < 4.78 is 4.47. The number of hydrogen-bond acceptors (Lipinski definition) is 4. The minimum atomic E-state index is 1.38. The topological polar surface area (TPSA) is 72.3 Å². The molecule has 0 aliphatic rings. The molecule has 1 rings (SSSR count). The van der Waals surface area contributed by atoms with Gasteiger partial charge < -0.3 is 9.62 Å². The summed E-state index contributed by atoms with van der Waals surface area (Å²) >= 11 is 0. The lowest BCUT2D eigenvalue weighted by Gasteiger charge is -1.47. The first-order valence-corrected chi connectivity index (χ1v) is 1.58. The van der Waals surface area contributed by atoms with Gasteiger partial charge in [0, 0.05) is 0 Å². The van der Waals surface area contributed by atoms with Gasteiger partial charge in [-0.3, -0.25) is 0 Å².